The van der Waals surface area contributed by atoms with Crippen LogP contribution in [0.2, 0.25) is 0 Å². The predicted octanol–water partition coefficient (Wildman–Crippen LogP) is -0.453. The highest BCUT2D eigenvalue weighted by atomic mass is 32.2. The Morgan fingerprint density at radius 1 is 1.35 bits per heavy atom. The lowest BCUT2D eigenvalue weighted by Gasteiger charge is -2.17. The van der Waals surface area contributed by atoms with Crippen LogP contribution in [0.15, 0.2) is 0 Å². The van der Waals surface area contributed by atoms with Gasteiger partial charge in [0.1, 0.15) is 0 Å². The number of aliphatic hydroxyl groups excluding tert-OH is 1. The fraction of sp³-hybridized carbons (Fsp3) is 0.900. The van der Waals surface area contributed by atoms with Crippen LogP contribution in [0.5, 0.6) is 0 Å². The van der Waals surface area contributed by atoms with E-state index in [-0.39, 0.29) is 12.5 Å². The Labute approximate surface area is 103 Å². The molecule has 0 aromatic heterocycles. The summed E-state index contributed by atoms with van der Waals surface area (Å²) >= 11 is 0. The molecule has 0 radical (unpaired) electrons. The number of rotatable bonds is 9. The van der Waals surface area contributed by atoms with Crippen LogP contribution >= 0.6 is 0 Å². The van der Waals surface area contributed by atoms with E-state index in [1.54, 1.807) is 6.92 Å². The van der Waals surface area contributed by atoms with Gasteiger partial charge in [-0.1, -0.05) is 6.92 Å². The number of sulfonamides is 1. The highest BCUT2D eigenvalue weighted by Crippen LogP contribution is 1.98. The maximum Gasteiger partial charge on any atom is 0.220 e. The predicted molar refractivity (Wildman–Crippen MR) is 66.0 cm³/mol. The molecule has 0 rings (SSSR count). The quantitative estimate of drug-likeness (QED) is 0.553. The zero-order valence-corrected chi connectivity index (χ0v) is 11.3. The molecule has 0 saturated carbocycles. The third-order valence-electron chi connectivity index (χ3n) is 2.29. The zero-order valence-electron chi connectivity index (χ0n) is 10.5. The van der Waals surface area contributed by atoms with Gasteiger partial charge in [0.15, 0.2) is 0 Å². The molecule has 6 nitrogen and oxygen atoms in total. The van der Waals surface area contributed by atoms with Gasteiger partial charge in [0.2, 0.25) is 15.9 Å². The van der Waals surface area contributed by atoms with Crippen molar-refractivity contribution < 1.29 is 18.3 Å². The van der Waals surface area contributed by atoms with Crippen LogP contribution in [-0.4, -0.2) is 56.2 Å². The maximum absolute atomic E-state index is 11.2. The molecule has 0 atom stereocenters. The second-order valence-electron chi connectivity index (χ2n) is 3.79. The van der Waals surface area contributed by atoms with Crippen molar-refractivity contribution in [1.29, 1.82) is 0 Å². The second kappa shape index (κ2) is 8.43. The van der Waals surface area contributed by atoms with Crippen LogP contribution < -0.4 is 5.32 Å². The van der Waals surface area contributed by atoms with Crippen molar-refractivity contribution in [2.24, 2.45) is 0 Å². The normalized spacial score (nSPS) is 11.8. The van der Waals surface area contributed by atoms with Crippen LogP contribution in [0, 0.1) is 0 Å². The molecule has 0 fully saturated rings. The van der Waals surface area contributed by atoms with Crippen molar-refractivity contribution >= 4 is 15.9 Å². The van der Waals surface area contributed by atoms with Crippen LogP contribution in [0.25, 0.3) is 0 Å². The molecule has 0 aromatic carbocycles. The number of carbonyl (C=O) groups is 1. The third kappa shape index (κ3) is 8.12. The Bertz CT molecular complexity index is 316. The van der Waals surface area contributed by atoms with E-state index < -0.39 is 10.0 Å². The summed E-state index contributed by atoms with van der Waals surface area (Å²) in [4.78, 5) is 11.2. The van der Waals surface area contributed by atoms with Crippen molar-refractivity contribution in [3.05, 3.63) is 0 Å². The molecule has 0 aliphatic carbocycles. The molecule has 0 unspecified atom stereocenters. The van der Waals surface area contributed by atoms with Crippen molar-refractivity contribution in [2.45, 2.75) is 26.2 Å². The highest BCUT2D eigenvalue weighted by Gasteiger charge is 2.13. The number of aliphatic hydroxyl groups is 1. The summed E-state index contributed by atoms with van der Waals surface area (Å²) < 4.78 is 23.9. The van der Waals surface area contributed by atoms with E-state index in [4.69, 9.17) is 5.11 Å². The molecule has 0 aromatic rings. The highest BCUT2D eigenvalue weighted by molar-refractivity contribution is 7.88. The van der Waals surface area contributed by atoms with Crippen LogP contribution in [0.3, 0.4) is 0 Å². The second-order valence-corrected chi connectivity index (χ2v) is 5.77. The fourth-order valence-electron chi connectivity index (χ4n) is 1.37. The topological polar surface area (TPSA) is 86.7 Å². The van der Waals surface area contributed by atoms with Gasteiger partial charge in [-0.05, 0) is 12.8 Å². The molecule has 102 valence electrons. The lowest BCUT2D eigenvalue weighted by Crippen LogP contribution is -2.33. The number of carbonyl (C=O) groups excluding carboxylic acids is 1. The standard InChI is InChI=1S/C10H22N2O4S/c1-3-12(17(2,15)16)8-5-7-11-10(14)6-4-9-13/h13H,3-9H2,1-2H3,(H,11,14). The minimum Gasteiger partial charge on any atom is -0.396 e. The van der Waals surface area contributed by atoms with Crippen molar-refractivity contribution in [1.82, 2.24) is 9.62 Å². The van der Waals surface area contributed by atoms with Crippen molar-refractivity contribution in [2.75, 3.05) is 32.5 Å². The van der Waals surface area contributed by atoms with E-state index >= 15 is 0 Å². The molecule has 0 heterocycles. The minimum atomic E-state index is -3.14. The summed E-state index contributed by atoms with van der Waals surface area (Å²) in [5.74, 6) is -0.110. The molecule has 0 aliphatic heterocycles. The lowest BCUT2D eigenvalue weighted by atomic mass is 10.3. The van der Waals surface area contributed by atoms with E-state index in [0.717, 1.165) is 0 Å². The summed E-state index contributed by atoms with van der Waals surface area (Å²) in [7, 11) is -3.14. The molecule has 0 saturated heterocycles. The number of amides is 1. The molecule has 0 spiro atoms. The van der Waals surface area contributed by atoms with E-state index in [2.05, 4.69) is 5.32 Å². The molecule has 2 N–H and O–H groups in total. The lowest BCUT2D eigenvalue weighted by molar-refractivity contribution is -0.121. The Morgan fingerprint density at radius 3 is 2.47 bits per heavy atom. The van der Waals surface area contributed by atoms with Crippen molar-refractivity contribution in [3.63, 3.8) is 0 Å². The fourth-order valence-corrected chi connectivity index (χ4v) is 2.30. The molecule has 0 aliphatic rings. The van der Waals surface area contributed by atoms with Crippen LogP contribution in [-0.2, 0) is 14.8 Å². The number of nitrogens with zero attached hydrogens (tertiary/aromatic N) is 1. The van der Waals surface area contributed by atoms with Crippen LogP contribution in [0.4, 0.5) is 0 Å². The molecule has 7 heteroatoms. The molecule has 1 amide bonds. The van der Waals surface area contributed by atoms with Gasteiger partial charge in [0.05, 0.1) is 6.26 Å². The van der Waals surface area contributed by atoms with E-state index in [1.807, 2.05) is 0 Å². The van der Waals surface area contributed by atoms with E-state index in [1.165, 1.54) is 10.6 Å². The van der Waals surface area contributed by atoms with E-state index in [9.17, 15) is 13.2 Å². The van der Waals surface area contributed by atoms with Gasteiger partial charge >= 0.3 is 0 Å². The Morgan fingerprint density at radius 2 is 2.00 bits per heavy atom. The maximum atomic E-state index is 11.2. The van der Waals surface area contributed by atoms with Gasteiger partial charge in [0.25, 0.3) is 0 Å². The van der Waals surface area contributed by atoms with Gasteiger partial charge in [-0.2, -0.15) is 0 Å². The molecular formula is C10H22N2O4S. The summed E-state index contributed by atoms with van der Waals surface area (Å²) in [6.45, 7) is 3.09. The first-order chi connectivity index (χ1) is 7.91. The van der Waals surface area contributed by atoms with Gasteiger partial charge in [-0.15, -0.1) is 0 Å². The molecule has 0 bridgehead atoms. The van der Waals surface area contributed by atoms with Gasteiger partial charge in [-0.3, -0.25) is 4.79 Å². The first-order valence-corrected chi connectivity index (χ1v) is 7.59. The van der Waals surface area contributed by atoms with E-state index in [0.29, 0.717) is 38.9 Å². The van der Waals surface area contributed by atoms with Gasteiger partial charge < -0.3 is 10.4 Å². The van der Waals surface area contributed by atoms with Gasteiger partial charge in [-0.25, -0.2) is 12.7 Å². The molecule has 17 heavy (non-hydrogen) atoms. The zero-order chi connectivity index (χ0) is 13.3. The number of nitrogens with one attached hydrogen (secondary N) is 1. The first-order valence-electron chi connectivity index (χ1n) is 5.74. The SMILES string of the molecule is CCN(CCCNC(=O)CCCO)S(C)(=O)=O. The third-order valence-corrected chi connectivity index (χ3v) is 3.67. The van der Waals surface area contributed by atoms with Crippen molar-refractivity contribution in [3.8, 4) is 0 Å². The minimum absolute atomic E-state index is 0.00507. The molecular weight excluding hydrogens is 244 g/mol. The summed E-state index contributed by atoms with van der Waals surface area (Å²) in [5, 5.41) is 11.2. The average Bonchev–Trinajstić information content (AvgIpc) is 2.24. The van der Waals surface area contributed by atoms with Crippen LogP contribution in [0.1, 0.15) is 26.2 Å². The Balaban J connectivity index is 3.73. The summed E-state index contributed by atoms with van der Waals surface area (Å²) in [5.41, 5.74) is 0. The Hall–Kier alpha value is -0.660. The smallest absolute Gasteiger partial charge is 0.220 e. The Kier molecular flexibility index (Phi) is 8.11. The summed E-state index contributed by atoms with van der Waals surface area (Å²) in [6, 6.07) is 0. The average molecular weight is 266 g/mol. The first kappa shape index (κ1) is 16.3. The number of hydrogen-bond acceptors (Lipinski definition) is 4. The van der Waals surface area contributed by atoms with Gasteiger partial charge in [0, 0.05) is 32.7 Å². The summed E-state index contributed by atoms with van der Waals surface area (Å²) in [6.07, 6.45) is 2.53. The monoisotopic (exact) mass is 266 g/mol. The number of hydrogen-bond donors (Lipinski definition) is 2. The largest absolute Gasteiger partial charge is 0.396 e.